The monoisotopic (exact) mass is 385 g/mol. The van der Waals surface area contributed by atoms with Gasteiger partial charge in [0.15, 0.2) is 0 Å². The normalized spacial score (nSPS) is 11.6. The Morgan fingerprint density at radius 1 is 0.897 bits per heavy atom. The van der Waals surface area contributed by atoms with Crippen LogP contribution in [-0.4, -0.2) is 13.7 Å². The maximum atomic E-state index is 6.20. The number of hydrogen-bond acceptors (Lipinski definition) is 4. The molecular weight excluding hydrogens is 362 g/mol. The second-order valence-electron chi connectivity index (χ2n) is 6.77. The van der Waals surface area contributed by atoms with E-state index in [1.165, 1.54) is 5.56 Å². The first-order valence-corrected chi connectivity index (χ1v) is 9.63. The van der Waals surface area contributed by atoms with Gasteiger partial charge in [-0.1, -0.05) is 35.9 Å². The molecule has 4 aromatic rings. The lowest BCUT2D eigenvalue weighted by molar-refractivity contribution is 0.340. The lowest BCUT2D eigenvalue weighted by atomic mass is 10.1. The van der Waals surface area contributed by atoms with Crippen molar-refractivity contribution in [2.24, 2.45) is 4.99 Å². The Balaban J connectivity index is 1.95. The minimum absolute atomic E-state index is 0.604. The summed E-state index contributed by atoms with van der Waals surface area (Å²) in [7, 11) is 1.65. The quantitative estimate of drug-likeness (QED) is 0.420. The molecule has 146 valence electrons. The number of methoxy groups -OCH3 is 1. The summed E-state index contributed by atoms with van der Waals surface area (Å²) < 4.78 is 17.2. The minimum atomic E-state index is 0.604. The van der Waals surface area contributed by atoms with Crippen LogP contribution >= 0.6 is 0 Å². The van der Waals surface area contributed by atoms with Gasteiger partial charge in [0, 0.05) is 23.1 Å². The molecule has 4 heteroatoms. The lowest BCUT2D eigenvalue weighted by Crippen LogP contribution is -2.04. The van der Waals surface area contributed by atoms with Gasteiger partial charge < -0.3 is 13.9 Å². The van der Waals surface area contributed by atoms with E-state index in [9.17, 15) is 0 Å². The van der Waals surface area contributed by atoms with Gasteiger partial charge in [0.25, 0.3) is 0 Å². The van der Waals surface area contributed by atoms with Gasteiger partial charge in [-0.15, -0.1) is 0 Å². The van der Waals surface area contributed by atoms with Crippen LogP contribution < -0.4 is 14.8 Å². The molecule has 0 saturated heterocycles. The second kappa shape index (κ2) is 8.23. The van der Waals surface area contributed by atoms with E-state index in [1.807, 2.05) is 55.5 Å². The first kappa shape index (κ1) is 18.8. The fourth-order valence-electron chi connectivity index (χ4n) is 3.18. The highest BCUT2D eigenvalue weighted by Gasteiger charge is 2.08. The van der Waals surface area contributed by atoms with E-state index in [4.69, 9.17) is 18.9 Å². The third-order valence-electron chi connectivity index (χ3n) is 4.66. The number of nitrogens with zero attached hydrogens (tertiary/aromatic N) is 1. The number of benzene rings is 3. The second-order valence-corrected chi connectivity index (χ2v) is 6.77. The summed E-state index contributed by atoms with van der Waals surface area (Å²) >= 11 is 0. The predicted octanol–water partition coefficient (Wildman–Crippen LogP) is 6.05. The van der Waals surface area contributed by atoms with E-state index in [1.54, 1.807) is 7.11 Å². The predicted molar refractivity (Wildman–Crippen MR) is 116 cm³/mol. The van der Waals surface area contributed by atoms with E-state index in [0.29, 0.717) is 6.61 Å². The molecule has 0 aliphatic rings. The van der Waals surface area contributed by atoms with Gasteiger partial charge in [-0.25, -0.2) is 4.99 Å². The zero-order chi connectivity index (χ0) is 20.2. The van der Waals surface area contributed by atoms with Gasteiger partial charge in [0.2, 0.25) is 0 Å². The molecule has 4 rings (SSSR count). The average Bonchev–Trinajstić information content (AvgIpc) is 2.75. The van der Waals surface area contributed by atoms with Gasteiger partial charge in [0.1, 0.15) is 22.8 Å². The molecule has 29 heavy (non-hydrogen) atoms. The fraction of sp³-hybridized carbons (Fsp3) is 0.160. The summed E-state index contributed by atoms with van der Waals surface area (Å²) in [6.45, 7) is 4.64. The van der Waals surface area contributed by atoms with Crippen molar-refractivity contribution in [3.63, 3.8) is 0 Å². The third kappa shape index (κ3) is 4.16. The summed E-state index contributed by atoms with van der Waals surface area (Å²) in [5, 5.41) is 1.71. The van der Waals surface area contributed by atoms with E-state index >= 15 is 0 Å². The Bertz CT molecular complexity index is 1210. The zero-order valence-electron chi connectivity index (χ0n) is 16.8. The topological polar surface area (TPSA) is 44.0 Å². The molecule has 0 saturated carbocycles. The van der Waals surface area contributed by atoms with Gasteiger partial charge >= 0.3 is 0 Å². The molecule has 0 spiro atoms. The Kier molecular flexibility index (Phi) is 5.34. The van der Waals surface area contributed by atoms with E-state index in [2.05, 4.69) is 31.2 Å². The molecule has 0 aliphatic carbocycles. The van der Waals surface area contributed by atoms with Crippen LogP contribution in [0.5, 0.6) is 11.5 Å². The van der Waals surface area contributed by atoms with Crippen LogP contribution in [0, 0.1) is 6.92 Å². The summed E-state index contributed by atoms with van der Waals surface area (Å²) in [5.74, 6) is 2.33. The number of fused-ring (bicyclic) bond motifs is 1. The van der Waals surface area contributed by atoms with E-state index in [-0.39, 0.29) is 0 Å². The van der Waals surface area contributed by atoms with Crippen LogP contribution in [-0.2, 0) is 0 Å². The molecule has 1 aromatic heterocycles. The molecule has 0 fully saturated rings. The number of hydrogen-bond donors (Lipinski definition) is 0. The maximum absolute atomic E-state index is 6.20. The van der Waals surface area contributed by atoms with Crippen LogP contribution in [0.25, 0.3) is 22.3 Å². The highest BCUT2D eigenvalue weighted by Crippen LogP contribution is 2.26. The van der Waals surface area contributed by atoms with E-state index < -0.39 is 0 Å². The molecule has 0 N–H and O–H groups in total. The Morgan fingerprint density at radius 3 is 2.48 bits per heavy atom. The summed E-state index contributed by atoms with van der Waals surface area (Å²) in [6.07, 6.45) is 0. The molecule has 0 radical (unpaired) electrons. The van der Waals surface area contributed by atoms with Crippen LogP contribution in [0.1, 0.15) is 12.5 Å². The molecular formula is C25H23NO3. The number of aryl methyl sites for hydroxylation is 1. The summed E-state index contributed by atoms with van der Waals surface area (Å²) in [4.78, 5) is 4.89. The molecule has 0 amide bonds. The Hall–Kier alpha value is -3.53. The van der Waals surface area contributed by atoms with Gasteiger partial charge in [-0.05, 0) is 44.2 Å². The number of ether oxygens (including phenoxy) is 2. The maximum Gasteiger partial charge on any atom is 0.137 e. The molecule has 0 atom stereocenters. The smallest absolute Gasteiger partial charge is 0.137 e. The SMILES string of the molecule is CCOc1ccc2oc(-c3ccc(C)cc3)cc(=Nc3cccc(OC)c3)c2c1. The minimum Gasteiger partial charge on any atom is -0.497 e. The molecule has 0 aliphatic heterocycles. The van der Waals surface area contributed by atoms with E-state index in [0.717, 1.165) is 44.8 Å². The first-order valence-electron chi connectivity index (χ1n) is 9.63. The first-order chi connectivity index (χ1) is 14.2. The fourth-order valence-corrected chi connectivity index (χ4v) is 3.18. The van der Waals surface area contributed by atoms with Crippen molar-refractivity contribution in [2.75, 3.05) is 13.7 Å². The number of rotatable bonds is 5. The standard InChI is InChI=1S/C25H23NO3/c1-4-28-21-12-13-24-22(15-21)23(26-19-6-5-7-20(14-19)27-3)16-25(29-24)18-10-8-17(2)9-11-18/h5-16H,4H2,1-3H3. The Labute approximate surface area is 170 Å². The molecule has 0 bridgehead atoms. The van der Waals surface area contributed by atoms with Crippen LogP contribution in [0.3, 0.4) is 0 Å². The van der Waals surface area contributed by atoms with Crippen molar-refractivity contribution in [3.8, 4) is 22.8 Å². The van der Waals surface area contributed by atoms with Crippen molar-refractivity contribution >= 4 is 16.7 Å². The highest BCUT2D eigenvalue weighted by molar-refractivity contribution is 5.80. The highest BCUT2D eigenvalue weighted by atomic mass is 16.5. The van der Waals surface area contributed by atoms with Crippen molar-refractivity contribution < 1.29 is 13.9 Å². The van der Waals surface area contributed by atoms with Crippen molar-refractivity contribution in [2.45, 2.75) is 13.8 Å². The Morgan fingerprint density at radius 2 is 1.72 bits per heavy atom. The molecule has 1 heterocycles. The van der Waals surface area contributed by atoms with Gasteiger partial charge in [-0.2, -0.15) is 0 Å². The average molecular weight is 385 g/mol. The van der Waals surface area contributed by atoms with Crippen molar-refractivity contribution in [1.82, 2.24) is 0 Å². The summed E-state index contributed by atoms with van der Waals surface area (Å²) in [5.41, 5.74) is 3.78. The third-order valence-corrected chi connectivity index (χ3v) is 4.66. The summed E-state index contributed by atoms with van der Waals surface area (Å²) in [6, 6.07) is 23.8. The van der Waals surface area contributed by atoms with Crippen molar-refractivity contribution in [1.29, 1.82) is 0 Å². The van der Waals surface area contributed by atoms with Crippen LogP contribution in [0.4, 0.5) is 5.69 Å². The zero-order valence-corrected chi connectivity index (χ0v) is 16.8. The van der Waals surface area contributed by atoms with Gasteiger partial charge in [-0.3, -0.25) is 0 Å². The van der Waals surface area contributed by atoms with Crippen molar-refractivity contribution in [3.05, 3.63) is 83.7 Å². The largest absolute Gasteiger partial charge is 0.497 e. The molecule has 4 nitrogen and oxygen atoms in total. The van der Waals surface area contributed by atoms with Crippen LogP contribution in [0.15, 0.2) is 82.2 Å². The molecule has 3 aromatic carbocycles. The molecule has 0 unspecified atom stereocenters. The lowest BCUT2D eigenvalue weighted by Gasteiger charge is -2.08. The van der Waals surface area contributed by atoms with Crippen LogP contribution in [0.2, 0.25) is 0 Å². The van der Waals surface area contributed by atoms with Gasteiger partial charge in [0.05, 0.1) is 24.8 Å².